The second-order valence-corrected chi connectivity index (χ2v) is 6.40. The van der Waals surface area contributed by atoms with Crippen LogP contribution in [0.1, 0.15) is 23.6 Å². The fraction of sp³-hybridized carbons (Fsp3) is 0.208. The number of hydrogen-bond acceptors (Lipinski definition) is 4. The Hall–Kier alpha value is -3.11. The van der Waals surface area contributed by atoms with E-state index in [1.165, 1.54) is 22.4 Å². The fourth-order valence-corrected chi connectivity index (χ4v) is 2.96. The Balaban J connectivity index is 1.70. The Kier molecular flexibility index (Phi) is 6.82. The van der Waals surface area contributed by atoms with E-state index in [1.54, 1.807) is 25.1 Å². The van der Waals surface area contributed by atoms with Crippen LogP contribution < -0.4 is 4.74 Å². The van der Waals surface area contributed by atoms with Gasteiger partial charge in [0.1, 0.15) is 5.75 Å². The topological polar surface area (TPSA) is 55.8 Å². The van der Waals surface area contributed by atoms with Crippen LogP contribution in [0.2, 0.25) is 0 Å². The first kappa shape index (κ1) is 19.6. The summed E-state index contributed by atoms with van der Waals surface area (Å²) in [5.41, 5.74) is 2.72. The highest BCUT2D eigenvalue weighted by molar-refractivity contribution is 5.87. The highest BCUT2D eigenvalue weighted by Crippen LogP contribution is 2.23. The van der Waals surface area contributed by atoms with Gasteiger partial charge in [-0.1, -0.05) is 54.6 Å². The van der Waals surface area contributed by atoms with Gasteiger partial charge in [-0.3, -0.25) is 0 Å². The normalized spacial score (nSPS) is 11.1. The summed E-state index contributed by atoms with van der Waals surface area (Å²) in [5.74, 6) is 0.240. The Bertz CT molecular complexity index is 975. The molecule has 0 fully saturated rings. The van der Waals surface area contributed by atoms with E-state index >= 15 is 0 Å². The van der Waals surface area contributed by atoms with Gasteiger partial charge in [-0.2, -0.15) is 0 Å². The number of hydrogen-bond donors (Lipinski definition) is 1. The summed E-state index contributed by atoms with van der Waals surface area (Å²) < 4.78 is 10.9. The van der Waals surface area contributed by atoms with Gasteiger partial charge in [-0.15, -0.1) is 0 Å². The van der Waals surface area contributed by atoms with Gasteiger partial charge in [-0.05, 0) is 41.0 Å². The second kappa shape index (κ2) is 9.72. The maximum atomic E-state index is 11.6. The van der Waals surface area contributed by atoms with Crippen molar-refractivity contribution in [1.82, 2.24) is 0 Å². The third kappa shape index (κ3) is 5.21. The molecule has 28 heavy (non-hydrogen) atoms. The van der Waals surface area contributed by atoms with Crippen LogP contribution in [-0.2, 0) is 22.6 Å². The molecule has 0 bridgehead atoms. The molecule has 0 atom stereocenters. The zero-order chi connectivity index (χ0) is 19.8. The SMILES string of the molecule is CCOC(=O)/C=C/c1ccc(CO)cc1OCCc1ccc2ccccc2c1. The summed E-state index contributed by atoms with van der Waals surface area (Å²) in [5, 5.41) is 11.8. The number of benzene rings is 3. The van der Waals surface area contributed by atoms with Crippen molar-refractivity contribution in [3.63, 3.8) is 0 Å². The lowest BCUT2D eigenvalue weighted by Gasteiger charge is -2.11. The Morgan fingerprint density at radius 3 is 2.57 bits per heavy atom. The fourth-order valence-electron chi connectivity index (χ4n) is 2.96. The van der Waals surface area contributed by atoms with Crippen LogP contribution in [0.25, 0.3) is 16.8 Å². The van der Waals surface area contributed by atoms with Crippen molar-refractivity contribution >= 4 is 22.8 Å². The molecule has 0 aliphatic heterocycles. The summed E-state index contributed by atoms with van der Waals surface area (Å²) in [6, 6.07) is 20.1. The van der Waals surface area contributed by atoms with E-state index in [0.717, 1.165) is 17.5 Å². The average Bonchev–Trinajstić information content (AvgIpc) is 2.73. The van der Waals surface area contributed by atoms with Gasteiger partial charge in [0.25, 0.3) is 0 Å². The number of aliphatic hydroxyl groups excluding tert-OH is 1. The molecule has 0 radical (unpaired) electrons. The Morgan fingerprint density at radius 1 is 1.00 bits per heavy atom. The van der Waals surface area contributed by atoms with Gasteiger partial charge in [0.05, 0.1) is 19.8 Å². The van der Waals surface area contributed by atoms with E-state index in [2.05, 4.69) is 30.3 Å². The van der Waals surface area contributed by atoms with Crippen molar-refractivity contribution in [2.75, 3.05) is 13.2 Å². The maximum Gasteiger partial charge on any atom is 0.330 e. The summed E-state index contributed by atoms with van der Waals surface area (Å²) >= 11 is 0. The van der Waals surface area contributed by atoms with E-state index in [4.69, 9.17) is 9.47 Å². The van der Waals surface area contributed by atoms with Crippen molar-refractivity contribution in [3.05, 3.63) is 83.4 Å². The van der Waals surface area contributed by atoms with Crippen LogP contribution in [0, 0.1) is 0 Å². The van der Waals surface area contributed by atoms with Crippen molar-refractivity contribution < 1.29 is 19.4 Å². The zero-order valence-corrected chi connectivity index (χ0v) is 15.9. The lowest BCUT2D eigenvalue weighted by molar-refractivity contribution is -0.137. The minimum Gasteiger partial charge on any atom is -0.493 e. The van der Waals surface area contributed by atoms with Crippen LogP contribution in [0.4, 0.5) is 0 Å². The number of fused-ring (bicyclic) bond motifs is 1. The molecule has 0 unspecified atom stereocenters. The highest BCUT2D eigenvalue weighted by atomic mass is 16.5. The molecule has 0 amide bonds. The van der Waals surface area contributed by atoms with E-state index < -0.39 is 5.97 Å². The lowest BCUT2D eigenvalue weighted by Crippen LogP contribution is -2.03. The molecule has 3 aromatic rings. The van der Waals surface area contributed by atoms with E-state index in [9.17, 15) is 9.90 Å². The largest absolute Gasteiger partial charge is 0.493 e. The number of esters is 1. The number of aliphatic hydroxyl groups is 1. The standard InChI is InChI=1S/C24H24O4/c1-2-27-24(26)12-11-21-10-8-19(17-25)16-23(21)28-14-13-18-7-9-20-5-3-4-6-22(20)15-18/h3-12,15-16,25H,2,13-14,17H2,1H3/b12-11+. The molecule has 3 rings (SSSR count). The molecule has 0 aliphatic rings. The summed E-state index contributed by atoms with van der Waals surface area (Å²) in [6.45, 7) is 2.53. The van der Waals surface area contributed by atoms with Crippen molar-refractivity contribution in [1.29, 1.82) is 0 Å². The third-order valence-corrected chi connectivity index (χ3v) is 4.41. The Labute approximate surface area is 165 Å². The molecule has 0 saturated heterocycles. The van der Waals surface area contributed by atoms with Gasteiger partial charge in [0.15, 0.2) is 0 Å². The average molecular weight is 376 g/mol. The van der Waals surface area contributed by atoms with Gasteiger partial charge in [-0.25, -0.2) is 4.79 Å². The van der Waals surface area contributed by atoms with Gasteiger partial charge in [0.2, 0.25) is 0 Å². The molecule has 0 aliphatic carbocycles. The van der Waals surface area contributed by atoms with Gasteiger partial charge >= 0.3 is 5.97 Å². The first-order valence-electron chi connectivity index (χ1n) is 9.38. The predicted octanol–water partition coefficient (Wildman–Crippen LogP) is 4.53. The molecule has 3 aromatic carbocycles. The van der Waals surface area contributed by atoms with Crippen molar-refractivity contribution in [2.24, 2.45) is 0 Å². The first-order chi connectivity index (χ1) is 13.7. The van der Waals surface area contributed by atoms with Gasteiger partial charge in [0, 0.05) is 18.1 Å². The van der Waals surface area contributed by atoms with Crippen LogP contribution in [0.5, 0.6) is 5.75 Å². The van der Waals surface area contributed by atoms with Gasteiger partial charge < -0.3 is 14.6 Å². The molecule has 0 spiro atoms. The molecule has 4 nitrogen and oxygen atoms in total. The molecule has 0 aromatic heterocycles. The Morgan fingerprint density at radius 2 is 1.79 bits per heavy atom. The van der Waals surface area contributed by atoms with E-state index in [1.807, 2.05) is 18.2 Å². The number of ether oxygens (including phenoxy) is 2. The van der Waals surface area contributed by atoms with E-state index in [-0.39, 0.29) is 6.61 Å². The molecule has 0 heterocycles. The number of carbonyl (C=O) groups excluding carboxylic acids is 1. The minimum absolute atomic E-state index is 0.0666. The second-order valence-electron chi connectivity index (χ2n) is 6.40. The monoisotopic (exact) mass is 376 g/mol. The third-order valence-electron chi connectivity index (χ3n) is 4.41. The zero-order valence-electron chi connectivity index (χ0n) is 15.9. The van der Waals surface area contributed by atoms with Crippen LogP contribution in [0.15, 0.2) is 66.7 Å². The molecule has 4 heteroatoms. The smallest absolute Gasteiger partial charge is 0.330 e. The quantitative estimate of drug-likeness (QED) is 0.464. The predicted molar refractivity (Wildman–Crippen MR) is 111 cm³/mol. The van der Waals surface area contributed by atoms with E-state index in [0.29, 0.717) is 19.0 Å². The van der Waals surface area contributed by atoms with Crippen LogP contribution in [-0.4, -0.2) is 24.3 Å². The van der Waals surface area contributed by atoms with Crippen molar-refractivity contribution in [3.8, 4) is 5.75 Å². The molecule has 144 valence electrons. The molecule has 0 saturated carbocycles. The molecular weight excluding hydrogens is 352 g/mol. The maximum absolute atomic E-state index is 11.6. The number of rotatable bonds is 8. The van der Waals surface area contributed by atoms with Crippen LogP contribution >= 0.6 is 0 Å². The number of carbonyl (C=O) groups is 1. The lowest BCUT2D eigenvalue weighted by atomic mass is 10.1. The van der Waals surface area contributed by atoms with Crippen molar-refractivity contribution in [2.45, 2.75) is 20.0 Å². The summed E-state index contributed by atoms with van der Waals surface area (Å²) in [4.78, 5) is 11.6. The first-order valence-corrected chi connectivity index (χ1v) is 9.38. The highest BCUT2D eigenvalue weighted by Gasteiger charge is 2.05. The molecule has 1 N–H and O–H groups in total. The van der Waals surface area contributed by atoms with Crippen LogP contribution in [0.3, 0.4) is 0 Å². The summed E-state index contributed by atoms with van der Waals surface area (Å²) in [6.07, 6.45) is 3.81. The summed E-state index contributed by atoms with van der Waals surface area (Å²) in [7, 11) is 0. The minimum atomic E-state index is -0.393. The molecular formula is C24H24O4.